The highest BCUT2D eigenvalue weighted by Crippen LogP contribution is 2.24. The minimum Gasteiger partial charge on any atom is -0.483 e. The van der Waals surface area contributed by atoms with Crippen LogP contribution in [0.15, 0.2) is 90.1 Å². The predicted octanol–water partition coefficient (Wildman–Crippen LogP) is 5.39. The number of aromatic nitrogens is 3. The molecule has 1 atom stereocenters. The van der Waals surface area contributed by atoms with Gasteiger partial charge in [0.15, 0.2) is 22.5 Å². The molecule has 0 bridgehead atoms. The highest BCUT2D eigenvalue weighted by Gasteiger charge is 2.18. The summed E-state index contributed by atoms with van der Waals surface area (Å²) in [5.41, 5.74) is 2.05. The molecule has 0 saturated heterocycles. The zero-order chi connectivity index (χ0) is 24.5. The van der Waals surface area contributed by atoms with Crippen molar-refractivity contribution in [3.05, 3.63) is 102 Å². The van der Waals surface area contributed by atoms with E-state index < -0.39 is 5.82 Å². The molecule has 8 heteroatoms. The van der Waals surface area contributed by atoms with Crippen molar-refractivity contribution in [2.24, 2.45) is 0 Å². The summed E-state index contributed by atoms with van der Waals surface area (Å²) >= 11 is 1.30. The Hall–Kier alpha value is -3.65. The first-order chi connectivity index (χ1) is 17.2. The van der Waals surface area contributed by atoms with E-state index in [0.717, 1.165) is 12.1 Å². The smallest absolute Gasteiger partial charge is 0.230 e. The molecule has 0 radical (unpaired) electrons. The molecule has 0 spiro atoms. The van der Waals surface area contributed by atoms with Gasteiger partial charge in [0.1, 0.15) is 6.61 Å². The number of halogens is 1. The Balaban J connectivity index is 1.42. The fraction of sp³-hybridized carbons (Fsp3) is 0.222. The Morgan fingerprint density at radius 2 is 1.69 bits per heavy atom. The third-order valence-corrected chi connectivity index (χ3v) is 6.48. The number of rotatable bonds is 11. The van der Waals surface area contributed by atoms with Crippen LogP contribution in [0.2, 0.25) is 0 Å². The van der Waals surface area contributed by atoms with Gasteiger partial charge in [-0.15, -0.1) is 10.2 Å². The van der Waals surface area contributed by atoms with Crippen LogP contribution in [0.3, 0.4) is 0 Å². The first-order valence-corrected chi connectivity index (χ1v) is 12.5. The number of hydrogen-bond acceptors (Lipinski definition) is 5. The van der Waals surface area contributed by atoms with Gasteiger partial charge in [-0.05, 0) is 36.2 Å². The Bertz CT molecular complexity index is 1230. The van der Waals surface area contributed by atoms with Crippen LogP contribution in [0.1, 0.15) is 30.7 Å². The van der Waals surface area contributed by atoms with Gasteiger partial charge in [-0.3, -0.25) is 9.36 Å². The highest BCUT2D eigenvalue weighted by molar-refractivity contribution is 7.99. The average Bonchev–Trinajstić information content (AvgIpc) is 3.31. The summed E-state index contributed by atoms with van der Waals surface area (Å²) in [7, 11) is 0. The summed E-state index contributed by atoms with van der Waals surface area (Å²) in [6, 6.07) is 26.0. The third-order valence-electron chi connectivity index (χ3n) is 5.55. The standard InChI is InChI=1S/C27H27FN4O2S/c1-2-20(21-11-5-3-6-12-21)17-29-26(33)19-35-27-31-30-25(32(27)22-13-7-4-8-14-22)18-34-24-16-10-9-15-23(24)28/h3-16,20H,2,17-19H2,1H3,(H,29,33)/t20-/m0/s1. The van der Waals surface area contributed by atoms with E-state index in [2.05, 4.69) is 34.6 Å². The number of thioether (sulfide) groups is 1. The maximum absolute atomic E-state index is 14.0. The van der Waals surface area contributed by atoms with Crippen LogP contribution in [0.25, 0.3) is 5.69 Å². The van der Waals surface area contributed by atoms with Crippen molar-refractivity contribution in [2.45, 2.75) is 31.0 Å². The van der Waals surface area contributed by atoms with Crippen LogP contribution in [-0.2, 0) is 11.4 Å². The van der Waals surface area contributed by atoms with Gasteiger partial charge < -0.3 is 10.1 Å². The maximum Gasteiger partial charge on any atom is 0.230 e. The van der Waals surface area contributed by atoms with Crippen molar-refractivity contribution in [3.8, 4) is 11.4 Å². The minimum atomic E-state index is -0.439. The summed E-state index contributed by atoms with van der Waals surface area (Å²) in [4.78, 5) is 12.6. The van der Waals surface area contributed by atoms with Crippen LogP contribution >= 0.6 is 11.8 Å². The van der Waals surface area contributed by atoms with Gasteiger partial charge in [0.05, 0.1) is 5.75 Å². The SMILES string of the molecule is CC[C@@H](CNC(=O)CSc1nnc(COc2ccccc2F)n1-c1ccccc1)c1ccccc1. The largest absolute Gasteiger partial charge is 0.483 e. The van der Waals surface area contributed by atoms with Crippen LogP contribution < -0.4 is 10.1 Å². The van der Waals surface area contributed by atoms with Gasteiger partial charge in [-0.2, -0.15) is 0 Å². The summed E-state index contributed by atoms with van der Waals surface area (Å²) in [6.07, 6.45) is 0.936. The molecule has 180 valence electrons. The van der Waals surface area contributed by atoms with E-state index in [4.69, 9.17) is 4.74 Å². The normalized spacial score (nSPS) is 11.7. The van der Waals surface area contributed by atoms with E-state index in [9.17, 15) is 9.18 Å². The fourth-order valence-electron chi connectivity index (χ4n) is 3.67. The Morgan fingerprint density at radius 1 is 1.00 bits per heavy atom. The lowest BCUT2D eigenvalue weighted by molar-refractivity contribution is -0.118. The van der Waals surface area contributed by atoms with Crippen molar-refractivity contribution in [1.29, 1.82) is 0 Å². The molecule has 1 amide bonds. The molecule has 35 heavy (non-hydrogen) atoms. The second-order valence-corrected chi connectivity index (χ2v) is 8.84. The number of ether oxygens (including phenoxy) is 1. The van der Waals surface area contributed by atoms with Gasteiger partial charge in [-0.1, -0.05) is 79.3 Å². The van der Waals surface area contributed by atoms with E-state index in [1.165, 1.54) is 23.4 Å². The molecule has 1 N–H and O–H groups in total. The summed E-state index contributed by atoms with van der Waals surface area (Å²) in [5.74, 6) is 0.608. The minimum absolute atomic E-state index is 0.0326. The number of carbonyl (C=O) groups is 1. The number of nitrogens with one attached hydrogen (secondary N) is 1. The molecule has 0 saturated carbocycles. The van der Waals surface area contributed by atoms with Gasteiger partial charge >= 0.3 is 0 Å². The number of carbonyl (C=O) groups excluding carboxylic acids is 1. The molecular formula is C27H27FN4O2S. The first-order valence-electron chi connectivity index (χ1n) is 11.5. The lowest BCUT2D eigenvalue weighted by atomic mass is 9.96. The molecule has 4 aromatic rings. The van der Waals surface area contributed by atoms with Crippen LogP contribution in [0.4, 0.5) is 4.39 Å². The quantitative estimate of drug-likeness (QED) is 0.286. The number of nitrogens with zero attached hydrogens (tertiary/aromatic N) is 3. The number of hydrogen-bond donors (Lipinski definition) is 1. The third kappa shape index (κ3) is 6.48. The van der Waals surface area contributed by atoms with Gasteiger partial charge in [0, 0.05) is 18.2 Å². The van der Waals surface area contributed by atoms with Crippen LogP contribution in [-0.4, -0.2) is 33.0 Å². The summed E-state index contributed by atoms with van der Waals surface area (Å²) in [5, 5.41) is 12.1. The predicted molar refractivity (Wildman–Crippen MR) is 135 cm³/mol. The zero-order valence-electron chi connectivity index (χ0n) is 19.4. The molecule has 0 aliphatic heterocycles. The molecule has 4 rings (SSSR count). The fourth-order valence-corrected chi connectivity index (χ4v) is 4.47. The number of benzene rings is 3. The van der Waals surface area contributed by atoms with Crippen molar-refractivity contribution in [3.63, 3.8) is 0 Å². The molecule has 0 fully saturated rings. The van der Waals surface area contributed by atoms with Crippen molar-refractivity contribution in [2.75, 3.05) is 12.3 Å². The summed E-state index contributed by atoms with van der Waals surface area (Å²) < 4.78 is 21.5. The molecule has 1 aromatic heterocycles. The number of amides is 1. The molecule has 3 aromatic carbocycles. The molecule has 1 heterocycles. The monoisotopic (exact) mass is 490 g/mol. The van der Waals surface area contributed by atoms with Crippen LogP contribution in [0.5, 0.6) is 5.75 Å². The molecule has 0 aliphatic carbocycles. The lowest BCUT2D eigenvalue weighted by Gasteiger charge is -2.16. The van der Waals surface area contributed by atoms with E-state index >= 15 is 0 Å². The van der Waals surface area contributed by atoms with Crippen molar-refractivity contribution in [1.82, 2.24) is 20.1 Å². The zero-order valence-corrected chi connectivity index (χ0v) is 20.2. The Morgan fingerprint density at radius 3 is 2.40 bits per heavy atom. The Labute approximate surface area is 208 Å². The lowest BCUT2D eigenvalue weighted by Crippen LogP contribution is -2.29. The highest BCUT2D eigenvalue weighted by atomic mass is 32.2. The molecule has 0 aliphatic rings. The van der Waals surface area contributed by atoms with E-state index in [0.29, 0.717) is 17.5 Å². The first kappa shape index (κ1) is 24.5. The van der Waals surface area contributed by atoms with E-state index in [1.54, 1.807) is 18.2 Å². The van der Waals surface area contributed by atoms with Crippen molar-refractivity contribution < 1.29 is 13.9 Å². The van der Waals surface area contributed by atoms with Crippen LogP contribution in [0, 0.1) is 5.82 Å². The van der Waals surface area contributed by atoms with Crippen molar-refractivity contribution >= 4 is 17.7 Å². The molecule has 6 nitrogen and oxygen atoms in total. The second-order valence-electron chi connectivity index (χ2n) is 7.90. The summed E-state index contributed by atoms with van der Waals surface area (Å²) in [6.45, 7) is 2.73. The van der Waals surface area contributed by atoms with Gasteiger partial charge in [0.2, 0.25) is 5.91 Å². The second kappa shape index (κ2) is 12.2. The molecule has 0 unspecified atom stereocenters. The Kier molecular flexibility index (Phi) is 8.51. The maximum atomic E-state index is 14.0. The number of para-hydroxylation sites is 2. The molecular weight excluding hydrogens is 463 g/mol. The van der Waals surface area contributed by atoms with E-state index in [1.807, 2.05) is 53.1 Å². The van der Waals surface area contributed by atoms with Gasteiger partial charge in [0.25, 0.3) is 0 Å². The average molecular weight is 491 g/mol. The van der Waals surface area contributed by atoms with Gasteiger partial charge in [-0.25, -0.2) is 4.39 Å². The topological polar surface area (TPSA) is 69.0 Å². The van der Waals surface area contributed by atoms with E-state index in [-0.39, 0.29) is 29.9 Å².